The second-order valence-corrected chi connectivity index (χ2v) is 18.3. The van der Waals surface area contributed by atoms with Gasteiger partial charge in [0.05, 0.1) is 17.1 Å². The molecule has 0 saturated carbocycles. The van der Waals surface area contributed by atoms with E-state index in [9.17, 15) is 0 Å². The highest BCUT2D eigenvalue weighted by molar-refractivity contribution is 5.98. The minimum atomic E-state index is -0.115. The Hall–Kier alpha value is -6.33. The van der Waals surface area contributed by atoms with Crippen molar-refractivity contribution >= 4 is 34.3 Å². The molecule has 5 heteroatoms. The first-order valence-corrected chi connectivity index (χ1v) is 21.3. The first kappa shape index (κ1) is 40.4. The van der Waals surface area contributed by atoms with Gasteiger partial charge in [0.2, 0.25) is 0 Å². The van der Waals surface area contributed by atoms with Crippen LogP contribution in [0.5, 0.6) is 11.5 Å². The fourth-order valence-corrected chi connectivity index (χ4v) is 8.39. The number of pyridine rings is 1. The first-order valence-electron chi connectivity index (χ1n) is 21.3. The van der Waals surface area contributed by atoms with Crippen LogP contribution in [-0.4, -0.2) is 11.5 Å². The molecule has 6 aromatic carbocycles. The number of hydrogen-bond acceptors (Lipinski definition) is 5. The van der Waals surface area contributed by atoms with E-state index in [-0.39, 0.29) is 10.8 Å². The van der Waals surface area contributed by atoms with Crippen molar-refractivity contribution in [3.8, 4) is 33.8 Å². The normalized spacial score (nSPS) is 12.8. The van der Waals surface area contributed by atoms with Crippen molar-refractivity contribution in [3.63, 3.8) is 0 Å². The molecule has 0 unspecified atom stereocenters. The number of rotatable bonds is 9. The summed E-state index contributed by atoms with van der Waals surface area (Å²) >= 11 is 0. The summed E-state index contributed by atoms with van der Waals surface area (Å²) in [5.74, 6) is 2.57. The number of benzene rings is 6. The van der Waals surface area contributed by atoms with E-state index < -0.39 is 0 Å². The van der Waals surface area contributed by atoms with Crippen LogP contribution in [0.1, 0.15) is 81.3 Å². The Morgan fingerprint density at radius 1 is 0.567 bits per heavy atom. The second kappa shape index (κ2) is 16.4. The molecule has 0 aliphatic carbocycles. The van der Waals surface area contributed by atoms with Crippen LogP contribution in [0.15, 0.2) is 140 Å². The highest BCUT2D eigenvalue weighted by Gasteiger charge is 2.25. The molecule has 8 rings (SSSR count). The van der Waals surface area contributed by atoms with Crippen LogP contribution in [-0.2, 0) is 17.3 Å². The van der Waals surface area contributed by atoms with Crippen LogP contribution in [0.2, 0.25) is 0 Å². The third kappa shape index (κ3) is 8.40. The van der Waals surface area contributed by atoms with Gasteiger partial charge in [-0.15, -0.1) is 0 Å². The summed E-state index contributed by atoms with van der Waals surface area (Å²) in [6, 6.07) is 47.4. The monoisotopic (exact) mass is 790 g/mol. The van der Waals surface area contributed by atoms with Gasteiger partial charge in [0.1, 0.15) is 17.3 Å². The number of nitrogens with one attached hydrogen (secondary N) is 2. The van der Waals surface area contributed by atoms with Gasteiger partial charge in [-0.3, -0.25) is 0 Å². The molecule has 7 aromatic rings. The molecule has 0 atom stereocenters. The van der Waals surface area contributed by atoms with Gasteiger partial charge in [-0.25, -0.2) is 4.98 Å². The lowest BCUT2D eigenvalue weighted by molar-refractivity contribution is 0.478. The van der Waals surface area contributed by atoms with Crippen LogP contribution in [0.3, 0.4) is 0 Å². The summed E-state index contributed by atoms with van der Waals surface area (Å²) in [4.78, 5) is 7.19. The zero-order chi connectivity index (χ0) is 42.2. The lowest BCUT2D eigenvalue weighted by atomic mass is 9.85. The average Bonchev–Trinajstić information content (AvgIpc) is 3.23. The van der Waals surface area contributed by atoms with E-state index in [4.69, 9.17) is 9.72 Å². The number of para-hydroxylation sites is 2. The summed E-state index contributed by atoms with van der Waals surface area (Å²) in [6.45, 7) is 21.2. The maximum atomic E-state index is 6.81. The fraction of sp³-hybridized carbons (Fsp3) is 0.255. The summed E-state index contributed by atoms with van der Waals surface area (Å²) in [5.41, 5.74) is 17.5. The molecular formula is C55H58N4O. The maximum absolute atomic E-state index is 6.81. The van der Waals surface area contributed by atoms with Crippen LogP contribution in [0.25, 0.3) is 22.3 Å². The number of hydrogen-bond donors (Lipinski definition) is 2. The van der Waals surface area contributed by atoms with Crippen LogP contribution in [0, 0.1) is 20.8 Å². The van der Waals surface area contributed by atoms with Crippen molar-refractivity contribution in [3.05, 3.63) is 173 Å². The largest absolute Gasteiger partial charge is 0.457 e. The van der Waals surface area contributed by atoms with Crippen molar-refractivity contribution in [2.45, 2.75) is 86.0 Å². The van der Waals surface area contributed by atoms with Crippen molar-refractivity contribution < 1.29 is 4.74 Å². The third-order valence-corrected chi connectivity index (χ3v) is 12.0. The molecule has 5 nitrogen and oxygen atoms in total. The molecule has 0 saturated heterocycles. The lowest BCUT2D eigenvalue weighted by Crippen LogP contribution is -2.26. The molecule has 2 N–H and O–H groups in total. The zero-order valence-corrected chi connectivity index (χ0v) is 36.7. The standard InChI is InChI=1S/C55H58N4O/c1-36-37(2)51(40-19-12-10-13-20-40)53(52(38(36)3)41-21-14-11-15-22-41)58-48-25-17-16-24-47(48)57-44-31-43(55(7,8)9)32-46(34-44)60-45-27-26-39-23-18-30-59(49(39)35-45)50-33-42(28-29-56-50)54(4,5)6/h10-17,19-22,24-29,31-35,57-58H,18,23,30H2,1-9H3. The summed E-state index contributed by atoms with van der Waals surface area (Å²) in [5, 5.41) is 7.82. The number of anilines is 6. The van der Waals surface area contributed by atoms with E-state index in [1.165, 1.54) is 55.6 Å². The molecule has 0 spiro atoms. The van der Waals surface area contributed by atoms with Gasteiger partial charge in [-0.1, -0.05) is 120 Å². The van der Waals surface area contributed by atoms with Crippen molar-refractivity contribution in [1.29, 1.82) is 0 Å². The van der Waals surface area contributed by atoms with Gasteiger partial charge in [0.15, 0.2) is 0 Å². The van der Waals surface area contributed by atoms with E-state index in [1.54, 1.807) is 0 Å². The van der Waals surface area contributed by atoms with Gasteiger partial charge in [-0.2, -0.15) is 0 Å². The number of aromatic nitrogens is 1. The van der Waals surface area contributed by atoms with E-state index in [0.29, 0.717) is 0 Å². The number of nitrogens with zero attached hydrogens (tertiary/aromatic N) is 2. The summed E-state index contributed by atoms with van der Waals surface area (Å²) in [7, 11) is 0. The second-order valence-electron chi connectivity index (χ2n) is 18.3. The first-order chi connectivity index (χ1) is 28.7. The molecule has 1 aromatic heterocycles. The minimum Gasteiger partial charge on any atom is -0.457 e. The molecule has 1 aliphatic rings. The Labute approximate surface area is 357 Å². The van der Waals surface area contributed by atoms with Gasteiger partial charge < -0.3 is 20.3 Å². The SMILES string of the molecule is Cc1c(C)c(-c2ccccc2)c(Nc2ccccc2Nc2cc(Oc3ccc4c(c3)N(c3cc(C(C)(C)C)ccn3)CCC4)cc(C(C)(C)C)c2)c(-c2ccccc2)c1C. The van der Waals surface area contributed by atoms with Gasteiger partial charge >= 0.3 is 0 Å². The molecule has 0 bridgehead atoms. The van der Waals surface area contributed by atoms with E-state index in [0.717, 1.165) is 65.1 Å². The third-order valence-electron chi connectivity index (χ3n) is 12.0. The Morgan fingerprint density at radius 3 is 1.78 bits per heavy atom. The Balaban J connectivity index is 1.16. The predicted octanol–water partition coefficient (Wildman–Crippen LogP) is 15.3. The van der Waals surface area contributed by atoms with Crippen molar-refractivity contribution in [2.24, 2.45) is 0 Å². The quantitative estimate of drug-likeness (QED) is 0.153. The van der Waals surface area contributed by atoms with E-state index in [2.05, 4.69) is 211 Å². The molecule has 0 amide bonds. The van der Waals surface area contributed by atoms with Crippen molar-refractivity contribution in [2.75, 3.05) is 22.1 Å². The van der Waals surface area contributed by atoms with E-state index >= 15 is 0 Å². The zero-order valence-electron chi connectivity index (χ0n) is 36.7. The molecule has 0 radical (unpaired) electrons. The summed E-state index contributed by atoms with van der Waals surface area (Å²) < 4.78 is 6.81. The highest BCUT2D eigenvalue weighted by Crippen LogP contribution is 2.46. The maximum Gasteiger partial charge on any atom is 0.133 e. The fourth-order valence-electron chi connectivity index (χ4n) is 8.39. The van der Waals surface area contributed by atoms with Crippen LogP contribution < -0.4 is 20.3 Å². The molecular weight excluding hydrogens is 733 g/mol. The Kier molecular flexibility index (Phi) is 11.0. The lowest BCUT2D eigenvalue weighted by Gasteiger charge is -2.32. The summed E-state index contributed by atoms with van der Waals surface area (Å²) in [6.07, 6.45) is 4.06. The highest BCUT2D eigenvalue weighted by atomic mass is 16.5. The number of fused-ring (bicyclic) bond motifs is 1. The van der Waals surface area contributed by atoms with Crippen LogP contribution in [0.4, 0.5) is 34.3 Å². The smallest absolute Gasteiger partial charge is 0.133 e. The minimum absolute atomic E-state index is 0.0383. The topological polar surface area (TPSA) is 49.4 Å². The van der Waals surface area contributed by atoms with Gasteiger partial charge in [-0.05, 0) is 131 Å². The molecule has 1 aliphatic heterocycles. The molecule has 60 heavy (non-hydrogen) atoms. The Bertz CT molecular complexity index is 2590. The van der Waals surface area contributed by atoms with Crippen molar-refractivity contribution in [1.82, 2.24) is 4.98 Å². The predicted molar refractivity (Wildman–Crippen MR) is 254 cm³/mol. The number of ether oxygens (including phenoxy) is 1. The number of aryl methyl sites for hydroxylation is 1. The van der Waals surface area contributed by atoms with Gasteiger partial charge in [0, 0.05) is 47.4 Å². The van der Waals surface area contributed by atoms with E-state index in [1.807, 2.05) is 6.20 Å². The molecule has 0 fully saturated rings. The molecule has 304 valence electrons. The van der Waals surface area contributed by atoms with Crippen LogP contribution >= 0.6 is 0 Å². The van der Waals surface area contributed by atoms with Gasteiger partial charge in [0.25, 0.3) is 0 Å². The molecule has 2 heterocycles. The Morgan fingerprint density at radius 2 is 1.17 bits per heavy atom. The average molecular weight is 791 g/mol.